The third-order valence-corrected chi connectivity index (χ3v) is 5.64. The van der Waals surface area contributed by atoms with Crippen molar-refractivity contribution in [3.05, 3.63) is 66.4 Å². The van der Waals surface area contributed by atoms with E-state index in [1.54, 1.807) is 18.2 Å². The third kappa shape index (κ3) is 4.15. The molecule has 0 amide bonds. The van der Waals surface area contributed by atoms with Gasteiger partial charge in [-0.25, -0.2) is 4.79 Å². The minimum absolute atomic E-state index is 0.231. The molecule has 3 aromatic rings. The smallest absolute Gasteiger partial charge is 0.330 e. The molecule has 0 spiro atoms. The van der Waals surface area contributed by atoms with Crippen LogP contribution in [-0.4, -0.2) is 28.0 Å². The summed E-state index contributed by atoms with van der Waals surface area (Å²) in [5.74, 6) is -0.179. The third-order valence-electron chi connectivity index (χ3n) is 5.64. The number of aromatic nitrogens is 2. The van der Waals surface area contributed by atoms with E-state index in [1.165, 1.54) is 32.4 Å². The SMILES string of the molecule is COC(=O)C=Cc1nn(C2CCCCC2)c(-c2ccc(O)cc2)c1-c1ccccc1. The maximum Gasteiger partial charge on any atom is 0.330 e. The fourth-order valence-electron chi connectivity index (χ4n) is 4.16. The van der Waals surface area contributed by atoms with E-state index in [2.05, 4.69) is 16.8 Å². The molecule has 0 bridgehead atoms. The number of rotatable bonds is 5. The van der Waals surface area contributed by atoms with Crippen molar-refractivity contribution in [1.29, 1.82) is 0 Å². The van der Waals surface area contributed by atoms with Crippen molar-refractivity contribution in [2.75, 3.05) is 7.11 Å². The molecule has 1 N–H and O–H groups in total. The highest BCUT2D eigenvalue weighted by Crippen LogP contribution is 2.40. The van der Waals surface area contributed by atoms with Crippen LogP contribution in [0.4, 0.5) is 0 Å². The number of hydrogen-bond acceptors (Lipinski definition) is 4. The van der Waals surface area contributed by atoms with Crippen molar-refractivity contribution in [3.8, 4) is 28.1 Å². The average Bonchev–Trinajstić information content (AvgIpc) is 3.18. The van der Waals surface area contributed by atoms with Gasteiger partial charge in [-0.05, 0) is 48.7 Å². The highest BCUT2D eigenvalue weighted by atomic mass is 16.5. The Labute approximate surface area is 176 Å². The minimum atomic E-state index is -0.410. The molecular weight excluding hydrogens is 376 g/mol. The highest BCUT2D eigenvalue weighted by molar-refractivity contribution is 5.92. The lowest BCUT2D eigenvalue weighted by Gasteiger charge is -2.24. The van der Waals surface area contributed by atoms with Crippen LogP contribution in [0.25, 0.3) is 28.5 Å². The number of benzene rings is 2. The highest BCUT2D eigenvalue weighted by Gasteiger charge is 2.25. The lowest BCUT2D eigenvalue weighted by Crippen LogP contribution is -2.15. The first-order chi connectivity index (χ1) is 14.7. The maximum atomic E-state index is 11.8. The summed E-state index contributed by atoms with van der Waals surface area (Å²) in [7, 11) is 1.37. The van der Waals surface area contributed by atoms with E-state index in [-0.39, 0.29) is 5.75 Å². The fourth-order valence-corrected chi connectivity index (χ4v) is 4.16. The van der Waals surface area contributed by atoms with Crippen LogP contribution in [0, 0.1) is 0 Å². The summed E-state index contributed by atoms with van der Waals surface area (Å²) < 4.78 is 6.91. The van der Waals surface area contributed by atoms with Gasteiger partial charge in [-0.2, -0.15) is 5.10 Å². The molecule has 0 aliphatic heterocycles. The van der Waals surface area contributed by atoms with Crippen molar-refractivity contribution in [2.24, 2.45) is 0 Å². The molecule has 1 aliphatic rings. The molecule has 0 radical (unpaired) electrons. The van der Waals surface area contributed by atoms with Crippen LogP contribution in [0.1, 0.15) is 43.8 Å². The van der Waals surface area contributed by atoms with Crippen molar-refractivity contribution >= 4 is 12.0 Å². The topological polar surface area (TPSA) is 64.3 Å². The van der Waals surface area contributed by atoms with E-state index in [4.69, 9.17) is 9.84 Å². The van der Waals surface area contributed by atoms with Gasteiger partial charge < -0.3 is 9.84 Å². The number of carbonyl (C=O) groups excluding carboxylic acids is 1. The molecule has 0 atom stereocenters. The number of ether oxygens (including phenoxy) is 1. The number of hydrogen-bond donors (Lipinski definition) is 1. The maximum absolute atomic E-state index is 11.8. The molecule has 154 valence electrons. The predicted octanol–water partition coefficient (Wildman–Crippen LogP) is 5.61. The van der Waals surface area contributed by atoms with Crippen LogP contribution in [-0.2, 0) is 9.53 Å². The monoisotopic (exact) mass is 402 g/mol. The molecule has 0 unspecified atom stereocenters. The Bertz CT molecular complexity index is 1030. The van der Waals surface area contributed by atoms with Gasteiger partial charge in [0.1, 0.15) is 5.75 Å². The molecule has 5 nitrogen and oxygen atoms in total. The van der Waals surface area contributed by atoms with Crippen molar-refractivity contribution in [1.82, 2.24) is 9.78 Å². The van der Waals surface area contributed by atoms with Gasteiger partial charge in [-0.1, -0.05) is 49.6 Å². The predicted molar refractivity (Wildman–Crippen MR) is 118 cm³/mol. The van der Waals surface area contributed by atoms with Gasteiger partial charge in [0.15, 0.2) is 0 Å². The zero-order chi connectivity index (χ0) is 20.9. The molecule has 2 aromatic carbocycles. The summed E-state index contributed by atoms with van der Waals surface area (Å²) in [6.45, 7) is 0. The summed E-state index contributed by atoms with van der Waals surface area (Å²) >= 11 is 0. The Morgan fingerprint density at radius 2 is 1.73 bits per heavy atom. The summed E-state index contributed by atoms with van der Waals surface area (Å²) in [6.07, 6.45) is 8.95. The quantitative estimate of drug-likeness (QED) is 0.445. The number of aromatic hydroxyl groups is 1. The Morgan fingerprint density at radius 3 is 2.40 bits per heavy atom. The largest absolute Gasteiger partial charge is 0.508 e. The van der Waals surface area contributed by atoms with Gasteiger partial charge in [-0.15, -0.1) is 0 Å². The Hall–Kier alpha value is -3.34. The van der Waals surface area contributed by atoms with Gasteiger partial charge in [-0.3, -0.25) is 4.68 Å². The zero-order valence-electron chi connectivity index (χ0n) is 17.1. The molecule has 0 saturated heterocycles. The second-order valence-corrected chi connectivity index (χ2v) is 7.61. The molecule has 1 aromatic heterocycles. The van der Waals surface area contributed by atoms with Crippen LogP contribution in [0.15, 0.2) is 60.7 Å². The van der Waals surface area contributed by atoms with Crippen LogP contribution in [0.5, 0.6) is 5.75 Å². The van der Waals surface area contributed by atoms with Crippen LogP contribution >= 0.6 is 0 Å². The van der Waals surface area contributed by atoms with E-state index >= 15 is 0 Å². The molecule has 30 heavy (non-hydrogen) atoms. The van der Waals surface area contributed by atoms with Crippen molar-refractivity contribution in [2.45, 2.75) is 38.1 Å². The first kappa shape index (κ1) is 20.0. The standard InChI is InChI=1S/C25H26N2O3/c1-30-23(29)17-16-22-24(18-8-4-2-5-9-18)25(19-12-14-21(28)15-13-19)27(26-22)20-10-6-3-7-11-20/h2,4-5,8-9,12-17,20,28H,3,6-7,10-11H2,1H3. The number of phenols is 1. The Balaban J connectivity index is 1.95. The van der Waals surface area contributed by atoms with Gasteiger partial charge in [0.2, 0.25) is 0 Å². The lowest BCUT2D eigenvalue weighted by molar-refractivity contribution is -0.134. The molecule has 1 aliphatic carbocycles. The molecule has 1 fully saturated rings. The second-order valence-electron chi connectivity index (χ2n) is 7.61. The minimum Gasteiger partial charge on any atom is -0.508 e. The van der Waals surface area contributed by atoms with Gasteiger partial charge in [0, 0.05) is 17.2 Å². The molecule has 1 saturated carbocycles. The summed E-state index contributed by atoms with van der Waals surface area (Å²) in [5.41, 5.74) is 4.75. The molecule has 1 heterocycles. The average molecular weight is 402 g/mol. The van der Waals surface area contributed by atoms with E-state index in [0.29, 0.717) is 6.04 Å². The summed E-state index contributed by atoms with van der Waals surface area (Å²) in [4.78, 5) is 11.8. The van der Waals surface area contributed by atoms with E-state index in [1.807, 2.05) is 30.3 Å². The van der Waals surface area contributed by atoms with E-state index < -0.39 is 5.97 Å². The first-order valence-corrected chi connectivity index (χ1v) is 10.4. The lowest BCUT2D eigenvalue weighted by atomic mass is 9.94. The van der Waals surface area contributed by atoms with Crippen LogP contribution in [0.2, 0.25) is 0 Å². The van der Waals surface area contributed by atoms with Crippen molar-refractivity contribution < 1.29 is 14.6 Å². The summed E-state index contributed by atoms with van der Waals surface area (Å²) in [5, 5.41) is 14.8. The molecule has 4 rings (SSSR count). The van der Waals surface area contributed by atoms with E-state index in [9.17, 15) is 9.90 Å². The van der Waals surface area contributed by atoms with E-state index in [0.717, 1.165) is 40.9 Å². The van der Waals surface area contributed by atoms with Gasteiger partial charge in [0.25, 0.3) is 0 Å². The normalized spacial score (nSPS) is 14.8. The zero-order valence-corrected chi connectivity index (χ0v) is 17.1. The first-order valence-electron chi connectivity index (χ1n) is 10.4. The van der Waals surface area contributed by atoms with Gasteiger partial charge >= 0.3 is 5.97 Å². The number of esters is 1. The van der Waals surface area contributed by atoms with Gasteiger partial charge in [0.05, 0.1) is 24.5 Å². The molecular formula is C25H26N2O3. The molecule has 5 heteroatoms. The van der Waals surface area contributed by atoms with Crippen molar-refractivity contribution in [3.63, 3.8) is 0 Å². The van der Waals surface area contributed by atoms with Crippen LogP contribution in [0.3, 0.4) is 0 Å². The number of methoxy groups -OCH3 is 1. The number of carbonyl (C=O) groups is 1. The number of phenolic OH excluding ortho intramolecular Hbond substituents is 1. The Morgan fingerprint density at radius 1 is 1.03 bits per heavy atom. The van der Waals surface area contributed by atoms with Crippen LogP contribution < -0.4 is 0 Å². The Kier molecular flexibility index (Phi) is 5.98. The summed E-state index contributed by atoms with van der Waals surface area (Å²) in [6, 6.07) is 17.7. The number of nitrogens with zero attached hydrogens (tertiary/aromatic N) is 2. The fraction of sp³-hybridized carbons (Fsp3) is 0.280. The second kappa shape index (κ2) is 8.99.